The average Bonchev–Trinajstić information content (AvgIpc) is 3.85. The van der Waals surface area contributed by atoms with Crippen molar-refractivity contribution in [2.75, 3.05) is 26.8 Å². The minimum atomic E-state index is -0.627. The highest BCUT2D eigenvalue weighted by atomic mass is 16.6. The zero-order chi connectivity index (χ0) is 32.3. The van der Waals surface area contributed by atoms with Crippen molar-refractivity contribution in [2.45, 2.75) is 71.2 Å². The van der Waals surface area contributed by atoms with Crippen LogP contribution in [0, 0.1) is 0 Å². The lowest BCUT2D eigenvalue weighted by Gasteiger charge is -2.34. The van der Waals surface area contributed by atoms with Gasteiger partial charge in [-0.05, 0) is 80.9 Å². The number of ether oxygens (including phenoxy) is 2. The first-order valence-corrected chi connectivity index (χ1v) is 16.3. The fourth-order valence-electron chi connectivity index (χ4n) is 6.21. The third-order valence-corrected chi connectivity index (χ3v) is 8.59. The first-order valence-electron chi connectivity index (χ1n) is 16.3. The topological polar surface area (TPSA) is 76.9 Å². The maximum atomic E-state index is 14.8. The minimum Gasteiger partial charge on any atom is -0.444 e. The molecule has 1 aliphatic heterocycles. The van der Waals surface area contributed by atoms with E-state index in [9.17, 15) is 9.59 Å². The van der Waals surface area contributed by atoms with Crippen LogP contribution in [-0.2, 0) is 27.4 Å². The van der Waals surface area contributed by atoms with Crippen molar-refractivity contribution in [1.82, 2.24) is 19.6 Å². The highest BCUT2D eigenvalue weighted by Crippen LogP contribution is 2.36. The van der Waals surface area contributed by atoms with Crippen molar-refractivity contribution in [3.05, 3.63) is 95.7 Å². The minimum absolute atomic E-state index is 0.0334. The summed E-state index contributed by atoms with van der Waals surface area (Å²) in [6, 6.07) is 27.0. The summed E-state index contributed by atoms with van der Waals surface area (Å²) >= 11 is 0. The van der Waals surface area contributed by atoms with E-state index in [0.717, 1.165) is 64.7 Å². The maximum absolute atomic E-state index is 14.8. The van der Waals surface area contributed by atoms with Crippen molar-refractivity contribution >= 4 is 28.5 Å². The van der Waals surface area contributed by atoms with Crippen LogP contribution in [0.1, 0.15) is 57.7 Å². The van der Waals surface area contributed by atoms with Crippen LogP contribution in [0.5, 0.6) is 0 Å². The number of aryl methyl sites for hydroxylation is 1. The van der Waals surface area contributed by atoms with Crippen LogP contribution < -0.4 is 0 Å². The summed E-state index contributed by atoms with van der Waals surface area (Å²) in [4.78, 5) is 31.7. The summed E-state index contributed by atoms with van der Waals surface area (Å²) in [5.74, 6) is -0.0334. The van der Waals surface area contributed by atoms with Gasteiger partial charge in [0.25, 0.3) is 5.91 Å². The van der Waals surface area contributed by atoms with E-state index in [2.05, 4.69) is 42.5 Å². The second-order valence-electron chi connectivity index (χ2n) is 13.3. The molecule has 0 spiro atoms. The normalized spacial score (nSPS) is 15.3. The van der Waals surface area contributed by atoms with Crippen molar-refractivity contribution in [2.24, 2.45) is 0 Å². The molecule has 8 heteroatoms. The molecule has 4 aromatic rings. The molecule has 2 aliphatic rings. The van der Waals surface area contributed by atoms with E-state index in [1.807, 2.05) is 66.8 Å². The molecule has 0 saturated heterocycles. The molecule has 2 amide bonds. The summed E-state index contributed by atoms with van der Waals surface area (Å²) < 4.78 is 13.1. The molecule has 46 heavy (non-hydrogen) atoms. The van der Waals surface area contributed by atoms with Crippen molar-refractivity contribution in [1.29, 1.82) is 0 Å². The molecule has 0 unspecified atom stereocenters. The van der Waals surface area contributed by atoms with Crippen LogP contribution >= 0.6 is 0 Å². The first kappa shape index (κ1) is 31.5. The number of aromatic nitrogens is 2. The largest absolute Gasteiger partial charge is 0.444 e. The van der Waals surface area contributed by atoms with Crippen LogP contribution in [-0.4, -0.2) is 70.0 Å². The standard InChI is InChI=1S/C38H44N4O4/c1-38(2,3)46-37(44)40-22-20-31(29-15-10-14-28(24-29)27-12-6-5-7-13-27)33(25-40)36(43)41(30-18-19-30)26-34-32-16-8-9-17-35(32)42(39-34)21-11-23-45-4/h5-10,12-17,24,30H,11,18-23,25-26H2,1-4H3. The summed E-state index contributed by atoms with van der Waals surface area (Å²) in [6.45, 7) is 8.09. The highest BCUT2D eigenvalue weighted by molar-refractivity contribution is 6.03. The van der Waals surface area contributed by atoms with Gasteiger partial charge in [0.15, 0.2) is 0 Å². The predicted molar refractivity (Wildman–Crippen MR) is 181 cm³/mol. The highest BCUT2D eigenvalue weighted by Gasteiger charge is 2.38. The molecule has 6 rings (SSSR count). The molecular weight excluding hydrogens is 576 g/mol. The summed E-state index contributed by atoms with van der Waals surface area (Å²) in [7, 11) is 1.71. The number of rotatable bonds is 10. The fraction of sp³-hybridized carbons (Fsp3) is 0.395. The van der Waals surface area contributed by atoms with E-state index in [1.54, 1.807) is 12.0 Å². The molecule has 3 aromatic carbocycles. The second-order valence-corrected chi connectivity index (χ2v) is 13.3. The molecule has 1 saturated carbocycles. The molecule has 0 N–H and O–H groups in total. The van der Waals surface area contributed by atoms with Gasteiger partial charge in [-0.25, -0.2) is 4.79 Å². The Labute approximate surface area is 271 Å². The molecule has 8 nitrogen and oxygen atoms in total. The van der Waals surface area contributed by atoms with Crippen LogP contribution in [0.25, 0.3) is 27.6 Å². The molecule has 0 radical (unpaired) electrons. The van der Waals surface area contributed by atoms with E-state index in [0.29, 0.717) is 31.7 Å². The molecule has 0 bridgehead atoms. The Morgan fingerprint density at radius 2 is 1.65 bits per heavy atom. The van der Waals surface area contributed by atoms with Gasteiger partial charge in [0.2, 0.25) is 0 Å². The first-order chi connectivity index (χ1) is 22.2. The van der Waals surface area contributed by atoms with Gasteiger partial charge in [-0.2, -0.15) is 5.10 Å². The SMILES string of the molecule is COCCCn1nc(CN(C(=O)C2=C(c3cccc(-c4ccccc4)c3)CCN(C(=O)OC(C)(C)C)C2)C2CC2)c2ccccc21. The number of amides is 2. The van der Waals surface area contributed by atoms with Crippen LogP contribution in [0.4, 0.5) is 4.79 Å². The van der Waals surface area contributed by atoms with Gasteiger partial charge in [0, 0.05) is 43.8 Å². The van der Waals surface area contributed by atoms with Crippen molar-refractivity contribution < 1.29 is 19.1 Å². The number of hydrogen-bond acceptors (Lipinski definition) is 5. The summed E-state index contributed by atoms with van der Waals surface area (Å²) in [6.07, 6.45) is 2.94. The van der Waals surface area contributed by atoms with Gasteiger partial charge >= 0.3 is 6.09 Å². The van der Waals surface area contributed by atoms with Crippen LogP contribution in [0.2, 0.25) is 0 Å². The molecule has 1 aliphatic carbocycles. The number of fused-ring (bicyclic) bond motifs is 1. The van der Waals surface area contributed by atoms with Gasteiger partial charge in [-0.15, -0.1) is 0 Å². The Bertz CT molecular complexity index is 1730. The smallest absolute Gasteiger partial charge is 0.410 e. The van der Waals surface area contributed by atoms with E-state index in [1.165, 1.54) is 0 Å². The lowest BCUT2D eigenvalue weighted by molar-refractivity contribution is -0.128. The number of hydrogen-bond donors (Lipinski definition) is 0. The lowest BCUT2D eigenvalue weighted by Crippen LogP contribution is -2.44. The number of carbonyl (C=O) groups is 2. The molecular formula is C38H44N4O4. The second kappa shape index (κ2) is 13.5. The number of benzene rings is 3. The Morgan fingerprint density at radius 1 is 0.935 bits per heavy atom. The van der Waals surface area contributed by atoms with Crippen LogP contribution in [0.15, 0.2) is 84.4 Å². The van der Waals surface area contributed by atoms with Crippen molar-refractivity contribution in [3.8, 4) is 11.1 Å². The Balaban J connectivity index is 1.37. The summed E-state index contributed by atoms with van der Waals surface area (Å²) in [5.41, 5.74) is 6.19. The van der Waals surface area contributed by atoms with E-state index in [4.69, 9.17) is 14.6 Å². The van der Waals surface area contributed by atoms with Gasteiger partial charge < -0.3 is 19.3 Å². The van der Waals surface area contributed by atoms with E-state index >= 15 is 0 Å². The molecule has 0 atom stereocenters. The third kappa shape index (κ3) is 7.18. The van der Waals surface area contributed by atoms with E-state index in [-0.39, 0.29) is 18.5 Å². The van der Waals surface area contributed by atoms with Gasteiger partial charge in [0.05, 0.1) is 24.3 Å². The quantitative estimate of drug-likeness (QED) is 0.174. The number of carbonyl (C=O) groups excluding carboxylic acids is 2. The third-order valence-electron chi connectivity index (χ3n) is 8.59. The maximum Gasteiger partial charge on any atom is 0.410 e. The van der Waals surface area contributed by atoms with E-state index < -0.39 is 11.7 Å². The number of methoxy groups -OCH3 is 1. The average molecular weight is 621 g/mol. The molecule has 2 heterocycles. The predicted octanol–water partition coefficient (Wildman–Crippen LogP) is 7.33. The molecule has 1 fully saturated rings. The zero-order valence-electron chi connectivity index (χ0n) is 27.4. The van der Waals surface area contributed by atoms with Gasteiger partial charge in [0.1, 0.15) is 5.60 Å². The lowest BCUT2D eigenvalue weighted by atomic mass is 9.90. The Kier molecular flexibility index (Phi) is 9.27. The molecule has 1 aromatic heterocycles. The Morgan fingerprint density at radius 3 is 2.39 bits per heavy atom. The summed E-state index contributed by atoms with van der Waals surface area (Å²) in [5, 5.41) is 6.07. The molecule has 240 valence electrons. The fourth-order valence-corrected chi connectivity index (χ4v) is 6.21. The Hall–Kier alpha value is -4.43. The van der Waals surface area contributed by atoms with Gasteiger partial charge in [-0.3, -0.25) is 9.48 Å². The number of para-hydroxylation sites is 1. The van der Waals surface area contributed by atoms with Gasteiger partial charge in [-0.1, -0.05) is 66.7 Å². The number of nitrogens with zero attached hydrogens (tertiary/aromatic N) is 4. The van der Waals surface area contributed by atoms with Crippen molar-refractivity contribution in [3.63, 3.8) is 0 Å². The monoisotopic (exact) mass is 620 g/mol. The van der Waals surface area contributed by atoms with Crippen LogP contribution in [0.3, 0.4) is 0 Å². The zero-order valence-corrected chi connectivity index (χ0v) is 27.4.